The molecule has 1 heterocycles. The molecule has 0 fully saturated rings. The Morgan fingerprint density at radius 3 is 2.61 bits per heavy atom. The molecule has 0 saturated carbocycles. The van der Waals surface area contributed by atoms with E-state index in [2.05, 4.69) is 51.2 Å². The van der Waals surface area contributed by atoms with Crippen LogP contribution in [-0.2, 0) is 0 Å². The third-order valence-electron chi connectivity index (χ3n) is 3.71. The number of ether oxygens (including phenoxy) is 1. The van der Waals surface area contributed by atoms with Gasteiger partial charge in [-0.2, -0.15) is 0 Å². The summed E-state index contributed by atoms with van der Waals surface area (Å²) in [6, 6.07) is 6.97. The second kappa shape index (κ2) is 4.93. The van der Waals surface area contributed by atoms with Crippen LogP contribution in [-0.4, -0.2) is 13.2 Å². The molecule has 1 aromatic rings. The number of rotatable bonds is 2. The lowest BCUT2D eigenvalue weighted by Gasteiger charge is -2.39. The zero-order chi connectivity index (χ0) is 13.3. The van der Waals surface area contributed by atoms with Gasteiger partial charge in [-0.3, -0.25) is 0 Å². The van der Waals surface area contributed by atoms with Gasteiger partial charge >= 0.3 is 0 Å². The van der Waals surface area contributed by atoms with Crippen LogP contribution in [0.4, 0.5) is 0 Å². The first-order valence-electron chi connectivity index (χ1n) is 6.93. The molecular weight excluding hydrogens is 222 g/mol. The summed E-state index contributed by atoms with van der Waals surface area (Å²) in [5, 5.41) is 3.68. The minimum Gasteiger partial charge on any atom is -0.494 e. The van der Waals surface area contributed by atoms with E-state index in [0.29, 0.717) is 12.0 Å². The monoisotopic (exact) mass is 247 g/mol. The maximum absolute atomic E-state index is 5.64. The van der Waals surface area contributed by atoms with E-state index >= 15 is 0 Å². The molecule has 0 radical (unpaired) electrons. The van der Waals surface area contributed by atoms with Gasteiger partial charge in [0.1, 0.15) is 5.75 Å². The number of benzene rings is 1. The summed E-state index contributed by atoms with van der Waals surface area (Å²) in [5.74, 6) is 1.57. The summed E-state index contributed by atoms with van der Waals surface area (Å²) in [7, 11) is 0. The van der Waals surface area contributed by atoms with Crippen LogP contribution in [0, 0.1) is 5.41 Å². The summed E-state index contributed by atoms with van der Waals surface area (Å²) >= 11 is 0. The van der Waals surface area contributed by atoms with Crippen LogP contribution in [0.5, 0.6) is 5.75 Å². The summed E-state index contributed by atoms with van der Waals surface area (Å²) in [5.41, 5.74) is 3.10. The molecule has 0 aromatic heterocycles. The molecule has 1 aliphatic rings. The third kappa shape index (κ3) is 2.54. The lowest BCUT2D eigenvalue weighted by Crippen LogP contribution is -2.39. The average molecular weight is 247 g/mol. The predicted octanol–water partition coefficient (Wildman–Crippen LogP) is 3.88. The van der Waals surface area contributed by atoms with Crippen molar-refractivity contribution < 1.29 is 4.74 Å². The van der Waals surface area contributed by atoms with Crippen LogP contribution in [0.3, 0.4) is 0 Å². The highest BCUT2D eigenvalue weighted by atomic mass is 16.5. The molecule has 0 aliphatic carbocycles. The highest BCUT2D eigenvalue weighted by Gasteiger charge is 2.32. The molecular formula is C16H25NO. The van der Waals surface area contributed by atoms with Crippen LogP contribution in [0.25, 0.3) is 0 Å². The summed E-state index contributed by atoms with van der Waals surface area (Å²) in [6.45, 7) is 13.0. The highest BCUT2D eigenvalue weighted by Crippen LogP contribution is 2.41. The maximum Gasteiger partial charge on any atom is 0.119 e. The minimum atomic E-state index is 0.222. The van der Waals surface area contributed by atoms with Crippen LogP contribution < -0.4 is 10.1 Å². The second-order valence-corrected chi connectivity index (χ2v) is 6.33. The second-order valence-electron chi connectivity index (χ2n) is 6.33. The number of nitrogens with one attached hydrogen (secondary N) is 1. The van der Waals surface area contributed by atoms with Crippen LogP contribution in [0.1, 0.15) is 57.7 Å². The molecule has 2 atom stereocenters. The summed E-state index contributed by atoms with van der Waals surface area (Å²) in [6.07, 6.45) is 0. The smallest absolute Gasteiger partial charge is 0.119 e. The fourth-order valence-electron chi connectivity index (χ4n) is 2.80. The van der Waals surface area contributed by atoms with Crippen LogP contribution in [0.2, 0.25) is 0 Å². The molecule has 0 saturated heterocycles. The Labute approximate surface area is 111 Å². The van der Waals surface area contributed by atoms with E-state index in [-0.39, 0.29) is 5.41 Å². The van der Waals surface area contributed by atoms with E-state index in [4.69, 9.17) is 4.74 Å². The number of fused-ring (bicyclic) bond motifs is 1. The van der Waals surface area contributed by atoms with E-state index in [0.717, 1.165) is 18.9 Å². The molecule has 18 heavy (non-hydrogen) atoms. The van der Waals surface area contributed by atoms with Crippen molar-refractivity contribution in [3.8, 4) is 5.75 Å². The molecule has 0 spiro atoms. The first-order chi connectivity index (χ1) is 8.43. The van der Waals surface area contributed by atoms with Crippen LogP contribution in [0.15, 0.2) is 18.2 Å². The fraction of sp³-hybridized carbons (Fsp3) is 0.625. The normalized spacial score (nSPS) is 23.6. The van der Waals surface area contributed by atoms with Crippen molar-refractivity contribution in [2.75, 3.05) is 13.2 Å². The van der Waals surface area contributed by atoms with Gasteiger partial charge in [-0.25, -0.2) is 0 Å². The molecule has 2 unspecified atom stereocenters. The molecule has 100 valence electrons. The fourth-order valence-corrected chi connectivity index (χ4v) is 2.80. The predicted molar refractivity (Wildman–Crippen MR) is 76.2 cm³/mol. The topological polar surface area (TPSA) is 21.3 Å². The average Bonchev–Trinajstić information content (AvgIpc) is 2.28. The van der Waals surface area contributed by atoms with Gasteiger partial charge < -0.3 is 10.1 Å². The van der Waals surface area contributed by atoms with Gasteiger partial charge in [-0.1, -0.05) is 33.8 Å². The van der Waals surface area contributed by atoms with Gasteiger partial charge in [0.25, 0.3) is 0 Å². The van der Waals surface area contributed by atoms with E-state index < -0.39 is 0 Å². The number of hydrogen-bond acceptors (Lipinski definition) is 2. The van der Waals surface area contributed by atoms with Crippen molar-refractivity contribution >= 4 is 0 Å². The van der Waals surface area contributed by atoms with Crippen molar-refractivity contribution in [1.29, 1.82) is 0 Å². The largest absolute Gasteiger partial charge is 0.494 e. The molecule has 0 bridgehead atoms. The molecule has 2 rings (SSSR count). The van der Waals surface area contributed by atoms with E-state index in [9.17, 15) is 0 Å². The zero-order valence-corrected chi connectivity index (χ0v) is 12.2. The van der Waals surface area contributed by atoms with E-state index in [1.807, 2.05) is 6.92 Å². The van der Waals surface area contributed by atoms with Crippen molar-refractivity contribution in [1.82, 2.24) is 5.32 Å². The SMILES string of the molecule is CCOc1ccc2c(c1)C(C(C)(C)C)NCC2C. The Kier molecular flexibility index (Phi) is 3.67. The van der Waals surface area contributed by atoms with E-state index in [1.165, 1.54) is 11.1 Å². The first-order valence-corrected chi connectivity index (χ1v) is 6.93. The Bertz CT molecular complexity index is 420. The van der Waals surface area contributed by atoms with Crippen molar-refractivity contribution in [2.45, 2.75) is 46.6 Å². The molecule has 1 N–H and O–H groups in total. The summed E-state index contributed by atoms with van der Waals surface area (Å²) in [4.78, 5) is 0. The Morgan fingerprint density at radius 2 is 2.00 bits per heavy atom. The Balaban J connectivity index is 2.43. The first kappa shape index (κ1) is 13.4. The number of hydrogen-bond donors (Lipinski definition) is 1. The van der Waals surface area contributed by atoms with Gasteiger partial charge in [-0.05, 0) is 41.5 Å². The molecule has 2 nitrogen and oxygen atoms in total. The van der Waals surface area contributed by atoms with Gasteiger partial charge in [0, 0.05) is 12.6 Å². The van der Waals surface area contributed by atoms with Gasteiger partial charge in [0.2, 0.25) is 0 Å². The van der Waals surface area contributed by atoms with Crippen molar-refractivity contribution in [3.05, 3.63) is 29.3 Å². The lowest BCUT2D eigenvalue weighted by molar-refractivity contribution is 0.254. The standard InChI is InChI=1S/C16H25NO/c1-6-18-12-7-8-13-11(2)10-17-15(14(13)9-12)16(3,4)5/h7-9,11,15,17H,6,10H2,1-5H3. The summed E-state index contributed by atoms with van der Waals surface area (Å²) < 4.78 is 5.64. The Hall–Kier alpha value is -1.02. The van der Waals surface area contributed by atoms with Crippen LogP contribution >= 0.6 is 0 Å². The van der Waals surface area contributed by atoms with Crippen molar-refractivity contribution in [2.24, 2.45) is 5.41 Å². The third-order valence-corrected chi connectivity index (χ3v) is 3.71. The van der Waals surface area contributed by atoms with Crippen molar-refractivity contribution in [3.63, 3.8) is 0 Å². The lowest BCUT2D eigenvalue weighted by atomic mass is 9.76. The minimum absolute atomic E-state index is 0.222. The quantitative estimate of drug-likeness (QED) is 0.856. The highest BCUT2D eigenvalue weighted by molar-refractivity contribution is 5.42. The maximum atomic E-state index is 5.64. The molecule has 1 aliphatic heterocycles. The molecule has 2 heteroatoms. The molecule has 1 aromatic carbocycles. The van der Waals surface area contributed by atoms with E-state index in [1.54, 1.807) is 0 Å². The van der Waals surface area contributed by atoms with Gasteiger partial charge in [-0.15, -0.1) is 0 Å². The molecule has 0 amide bonds. The Morgan fingerprint density at radius 1 is 1.28 bits per heavy atom. The van der Waals surface area contributed by atoms with Gasteiger partial charge in [0.15, 0.2) is 0 Å². The van der Waals surface area contributed by atoms with Gasteiger partial charge in [0.05, 0.1) is 6.61 Å². The zero-order valence-electron chi connectivity index (χ0n) is 12.2.